The van der Waals surface area contributed by atoms with Gasteiger partial charge in [0.25, 0.3) is 0 Å². The number of likely N-dealkylation sites (tertiary alicyclic amines) is 1. The molecule has 1 aliphatic rings. The van der Waals surface area contributed by atoms with Crippen LogP contribution in [0.25, 0.3) is 27.7 Å². The number of ketones is 1. The minimum absolute atomic E-state index is 0.123. The highest BCUT2D eigenvalue weighted by Crippen LogP contribution is 2.28. The standard InChI is InChI=1S/C27H22BrFN8O3/c1-15(38)26-19-9-16(17-10-24-30-7-8-36(24)31-12-17)5-6-20(19)37(34-26)14-25(39)35-13-18(29)11-21(35)27(40)33-23-4-2-3-22(28)32-23/h2-10,12,18,21H,11,13-14H2,1H3,(H,32,33,40)/t18-,21+/m1/s1. The van der Waals surface area contributed by atoms with E-state index in [0.717, 1.165) is 11.1 Å². The average Bonchev–Trinajstić information content (AvgIpc) is 3.65. The lowest BCUT2D eigenvalue weighted by Crippen LogP contribution is -2.44. The van der Waals surface area contributed by atoms with Gasteiger partial charge in [-0.25, -0.2) is 18.9 Å². The number of benzene rings is 1. The minimum Gasteiger partial charge on any atom is -0.326 e. The zero-order valence-electron chi connectivity index (χ0n) is 21.2. The lowest BCUT2D eigenvalue weighted by atomic mass is 10.0. The molecule has 0 saturated carbocycles. The first-order chi connectivity index (χ1) is 19.3. The van der Waals surface area contributed by atoms with Gasteiger partial charge in [0, 0.05) is 36.7 Å². The summed E-state index contributed by atoms with van der Waals surface area (Å²) in [6, 6.07) is 11.3. The molecule has 1 aliphatic heterocycles. The largest absolute Gasteiger partial charge is 0.326 e. The molecule has 0 bridgehead atoms. The van der Waals surface area contributed by atoms with Crippen molar-refractivity contribution < 1.29 is 18.8 Å². The molecular formula is C27H22BrFN8O3. The van der Waals surface area contributed by atoms with Gasteiger partial charge in [0.15, 0.2) is 11.4 Å². The number of halogens is 2. The van der Waals surface area contributed by atoms with Gasteiger partial charge >= 0.3 is 0 Å². The van der Waals surface area contributed by atoms with E-state index >= 15 is 0 Å². The van der Waals surface area contributed by atoms with Gasteiger partial charge in [-0.15, -0.1) is 0 Å². The number of carbonyl (C=O) groups excluding carboxylic acids is 3. The highest BCUT2D eigenvalue weighted by atomic mass is 79.9. The zero-order valence-corrected chi connectivity index (χ0v) is 22.7. The number of hydrogen-bond acceptors (Lipinski definition) is 7. The average molecular weight is 605 g/mol. The van der Waals surface area contributed by atoms with E-state index in [4.69, 9.17) is 0 Å². The Morgan fingerprint density at radius 1 is 1.15 bits per heavy atom. The number of fused-ring (bicyclic) bond motifs is 2. The van der Waals surface area contributed by atoms with Crippen LogP contribution in [0.1, 0.15) is 23.8 Å². The molecule has 202 valence electrons. The number of nitrogens with zero attached hydrogens (tertiary/aromatic N) is 7. The smallest absolute Gasteiger partial charge is 0.248 e. The van der Waals surface area contributed by atoms with E-state index in [-0.39, 0.29) is 36.8 Å². The van der Waals surface area contributed by atoms with Gasteiger partial charge in [-0.3, -0.25) is 19.1 Å². The van der Waals surface area contributed by atoms with Crippen LogP contribution in [-0.2, 0) is 16.1 Å². The van der Waals surface area contributed by atoms with Crippen molar-refractivity contribution >= 4 is 55.9 Å². The Bertz CT molecular complexity index is 1800. The van der Waals surface area contributed by atoms with Crippen molar-refractivity contribution in [1.29, 1.82) is 0 Å². The van der Waals surface area contributed by atoms with Gasteiger partial charge in [0.1, 0.15) is 34.9 Å². The van der Waals surface area contributed by atoms with Crippen molar-refractivity contribution in [3.05, 3.63) is 71.4 Å². The van der Waals surface area contributed by atoms with Gasteiger partial charge < -0.3 is 10.2 Å². The molecule has 1 N–H and O–H groups in total. The van der Waals surface area contributed by atoms with Crippen LogP contribution < -0.4 is 5.32 Å². The summed E-state index contributed by atoms with van der Waals surface area (Å²) < 4.78 is 18.1. The molecule has 0 radical (unpaired) electrons. The fourth-order valence-corrected chi connectivity index (χ4v) is 5.27. The molecule has 4 aromatic heterocycles. The maximum Gasteiger partial charge on any atom is 0.248 e. The van der Waals surface area contributed by atoms with E-state index in [1.807, 2.05) is 18.2 Å². The Labute approximate surface area is 235 Å². The number of imidazole rings is 1. The van der Waals surface area contributed by atoms with Gasteiger partial charge in [-0.2, -0.15) is 10.2 Å². The second-order valence-electron chi connectivity index (χ2n) is 9.50. The predicted molar refractivity (Wildman–Crippen MR) is 147 cm³/mol. The number of alkyl halides is 1. The summed E-state index contributed by atoms with van der Waals surface area (Å²) >= 11 is 3.25. The number of Topliss-reactive ketones (excluding diaryl/α,β-unsaturated/α-hetero) is 1. The molecule has 2 amide bonds. The Balaban J connectivity index is 1.28. The topological polar surface area (TPSA) is 127 Å². The number of aromatic nitrogens is 6. The molecule has 0 aliphatic carbocycles. The SMILES string of the molecule is CC(=O)c1nn(CC(=O)N2C[C@H](F)C[C@H]2C(=O)Nc2cccc(Br)n2)c2ccc(-c3cnn4ccnc4c3)cc12. The van der Waals surface area contributed by atoms with Crippen LogP contribution in [0.4, 0.5) is 10.2 Å². The van der Waals surface area contributed by atoms with E-state index in [1.165, 1.54) is 16.5 Å². The summed E-state index contributed by atoms with van der Waals surface area (Å²) in [6.45, 7) is 0.925. The highest BCUT2D eigenvalue weighted by Gasteiger charge is 2.40. The lowest BCUT2D eigenvalue weighted by Gasteiger charge is -2.23. The van der Waals surface area contributed by atoms with E-state index in [2.05, 4.69) is 41.4 Å². The van der Waals surface area contributed by atoms with Crippen molar-refractivity contribution in [2.45, 2.75) is 32.1 Å². The van der Waals surface area contributed by atoms with Crippen molar-refractivity contribution in [3.8, 4) is 11.1 Å². The van der Waals surface area contributed by atoms with E-state index in [1.54, 1.807) is 47.4 Å². The van der Waals surface area contributed by atoms with Gasteiger partial charge in [0.05, 0.1) is 18.3 Å². The third-order valence-electron chi connectivity index (χ3n) is 6.80. The monoisotopic (exact) mass is 604 g/mol. The molecule has 11 nitrogen and oxygen atoms in total. The molecule has 1 fully saturated rings. The summed E-state index contributed by atoms with van der Waals surface area (Å²) in [7, 11) is 0. The third kappa shape index (κ3) is 4.83. The fraction of sp³-hybridized carbons (Fsp3) is 0.222. The van der Waals surface area contributed by atoms with E-state index in [9.17, 15) is 18.8 Å². The van der Waals surface area contributed by atoms with Gasteiger partial charge in [-0.1, -0.05) is 12.1 Å². The molecule has 1 aromatic carbocycles. The Kier molecular flexibility index (Phi) is 6.58. The molecule has 5 heterocycles. The molecule has 0 unspecified atom stereocenters. The molecular weight excluding hydrogens is 583 g/mol. The van der Waals surface area contributed by atoms with Crippen molar-refractivity contribution in [1.82, 2.24) is 34.3 Å². The quantitative estimate of drug-likeness (QED) is 0.231. The van der Waals surface area contributed by atoms with Crippen LogP contribution in [0.2, 0.25) is 0 Å². The molecule has 6 rings (SSSR count). The number of carbonyl (C=O) groups is 3. The normalized spacial score (nSPS) is 17.0. The summed E-state index contributed by atoms with van der Waals surface area (Å²) in [6.07, 6.45) is 3.63. The summed E-state index contributed by atoms with van der Waals surface area (Å²) in [5.74, 6) is -0.989. The zero-order chi connectivity index (χ0) is 28.0. The number of pyridine rings is 1. The minimum atomic E-state index is -1.35. The molecule has 5 aromatic rings. The summed E-state index contributed by atoms with van der Waals surface area (Å²) in [4.78, 5) is 48.5. The molecule has 0 spiro atoms. The second-order valence-corrected chi connectivity index (χ2v) is 10.3. The summed E-state index contributed by atoms with van der Waals surface area (Å²) in [5, 5.41) is 12.0. The summed E-state index contributed by atoms with van der Waals surface area (Å²) in [5.41, 5.74) is 3.05. The maximum absolute atomic E-state index is 14.5. The number of anilines is 1. The van der Waals surface area contributed by atoms with E-state index in [0.29, 0.717) is 21.2 Å². The molecule has 2 atom stereocenters. The van der Waals surface area contributed by atoms with Crippen molar-refractivity contribution in [3.63, 3.8) is 0 Å². The first kappa shape index (κ1) is 25.7. The molecule has 13 heteroatoms. The van der Waals surface area contributed by atoms with Crippen LogP contribution in [0.15, 0.2) is 65.7 Å². The van der Waals surface area contributed by atoms with Crippen LogP contribution in [0.3, 0.4) is 0 Å². The van der Waals surface area contributed by atoms with Crippen molar-refractivity contribution in [2.24, 2.45) is 0 Å². The number of nitrogens with one attached hydrogen (secondary N) is 1. The van der Waals surface area contributed by atoms with Crippen LogP contribution in [0, 0.1) is 0 Å². The van der Waals surface area contributed by atoms with Crippen LogP contribution in [-0.4, -0.2) is 70.6 Å². The number of hydrogen-bond donors (Lipinski definition) is 1. The number of amides is 2. The highest BCUT2D eigenvalue weighted by molar-refractivity contribution is 9.10. The first-order valence-electron chi connectivity index (χ1n) is 12.4. The predicted octanol–water partition coefficient (Wildman–Crippen LogP) is 3.68. The van der Waals surface area contributed by atoms with Gasteiger partial charge in [0.2, 0.25) is 11.8 Å². The Morgan fingerprint density at radius 3 is 2.80 bits per heavy atom. The van der Waals surface area contributed by atoms with Crippen molar-refractivity contribution in [2.75, 3.05) is 11.9 Å². The third-order valence-corrected chi connectivity index (χ3v) is 7.24. The first-order valence-corrected chi connectivity index (χ1v) is 13.2. The van der Waals surface area contributed by atoms with Crippen LogP contribution >= 0.6 is 15.9 Å². The molecule has 1 saturated heterocycles. The van der Waals surface area contributed by atoms with Crippen LogP contribution in [0.5, 0.6) is 0 Å². The second kappa shape index (κ2) is 10.2. The fourth-order valence-electron chi connectivity index (χ4n) is 4.92. The Morgan fingerprint density at radius 2 is 2.00 bits per heavy atom. The lowest BCUT2D eigenvalue weighted by molar-refractivity contribution is -0.137. The maximum atomic E-state index is 14.5. The van der Waals surface area contributed by atoms with Gasteiger partial charge in [-0.05, 0) is 51.8 Å². The molecule has 40 heavy (non-hydrogen) atoms. The Hall–Kier alpha value is -4.52. The van der Waals surface area contributed by atoms with E-state index < -0.39 is 24.0 Å². The number of rotatable bonds is 6.